The minimum atomic E-state index is -0.929. The van der Waals surface area contributed by atoms with Crippen LogP contribution in [0.3, 0.4) is 0 Å². The van der Waals surface area contributed by atoms with E-state index in [0.29, 0.717) is 22.6 Å². The highest BCUT2D eigenvalue weighted by atomic mass is 16.5. The number of ether oxygens (including phenoxy) is 2. The van der Waals surface area contributed by atoms with Crippen molar-refractivity contribution in [1.82, 2.24) is 14.9 Å². The SMILES string of the molecule is COC(=O)c1[nH]c(C)c(/C(O)=C2\C(=O)C(=O)N(Cc3cccnc3)[C@H]2c2ccccc2OC)c1C. The molecular weight excluding hydrogens is 450 g/mol. The van der Waals surface area contributed by atoms with Crippen molar-refractivity contribution in [1.29, 1.82) is 0 Å². The van der Waals surface area contributed by atoms with Gasteiger partial charge in [-0.15, -0.1) is 0 Å². The van der Waals surface area contributed by atoms with Crippen molar-refractivity contribution < 1.29 is 29.0 Å². The number of methoxy groups -OCH3 is 2. The zero-order valence-corrected chi connectivity index (χ0v) is 19.8. The third-order valence-corrected chi connectivity index (χ3v) is 6.11. The first-order chi connectivity index (χ1) is 16.8. The molecule has 1 fully saturated rings. The summed E-state index contributed by atoms with van der Waals surface area (Å²) in [5.74, 6) is -2.12. The van der Waals surface area contributed by atoms with Gasteiger partial charge in [0.25, 0.3) is 11.7 Å². The number of pyridine rings is 1. The highest BCUT2D eigenvalue weighted by molar-refractivity contribution is 6.46. The Balaban J connectivity index is 1.95. The molecule has 35 heavy (non-hydrogen) atoms. The van der Waals surface area contributed by atoms with Crippen LogP contribution < -0.4 is 4.74 Å². The molecule has 180 valence electrons. The fraction of sp³-hybridized carbons (Fsp3) is 0.231. The van der Waals surface area contributed by atoms with Gasteiger partial charge in [-0.05, 0) is 37.1 Å². The Morgan fingerprint density at radius 2 is 1.89 bits per heavy atom. The van der Waals surface area contributed by atoms with Gasteiger partial charge in [0.1, 0.15) is 17.2 Å². The Bertz CT molecular complexity index is 1340. The van der Waals surface area contributed by atoms with E-state index in [1.54, 1.807) is 62.6 Å². The molecule has 1 aliphatic heterocycles. The molecule has 9 nitrogen and oxygen atoms in total. The van der Waals surface area contributed by atoms with Crippen molar-refractivity contribution in [2.24, 2.45) is 0 Å². The quantitative estimate of drug-likeness (QED) is 0.242. The van der Waals surface area contributed by atoms with Crippen LogP contribution in [-0.4, -0.2) is 51.9 Å². The number of aromatic nitrogens is 2. The number of nitrogens with zero attached hydrogens (tertiary/aromatic N) is 2. The van der Waals surface area contributed by atoms with Gasteiger partial charge in [-0.1, -0.05) is 24.3 Å². The van der Waals surface area contributed by atoms with E-state index in [2.05, 4.69) is 9.97 Å². The first-order valence-corrected chi connectivity index (χ1v) is 10.9. The average molecular weight is 476 g/mol. The van der Waals surface area contributed by atoms with E-state index < -0.39 is 23.7 Å². The van der Waals surface area contributed by atoms with Crippen LogP contribution in [0.5, 0.6) is 5.75 Å². The minimum absolute atomic E-state index is 0.0926. The normalized spacial score (nSPS) is 17.0. The molecule has 0 aliphatic carbocycles. The number of carbonyl (C=O) groups excluding carboxylic acids is 3. The smallest absolute Gasteiger partial charge is 0.354 e. The minimum Gasteiger partial charge on any atom is -0.507 e. The predicted molar refractivity (Wildman–Crippen MR) is 127 cm³/mol. The number of carbonyl (C=O) groups is 3. The number of aliphatic hydroxyl groups is 1. The number of aryl methyl sites for hydroxylation is 1. The van der Waals surface area contributed by atoms with Gasteiger partial charge >= 0.3 is 5.97 Å². The molecule has 0 bridgehead atoms. The number of amides is 1. The average Bonchev–Trinajstić information content (AvgIpc) is 3.31. The lowest BCUT2D eigenvalue weighted by molar-refractivity contribution is -0.140. The fourth-order valence-electron chi connectivity index (χ4n) is 4.49. The molecular formula is C26H25N3O6. The van der Waals surface area contributed by atoms with E-state index >= 15 is 0 Å². The van der Waals surface area contributed by atoms with Gasteiger partial charge < -0.3 is 24.5 Å². The number of ketones is 1. The highest BCUT2D eigenvalue weighted by Gasteiger charge is 2.47. The molecule has 3 heterocycles. The molecule has 0 saturated carbocycles. The van der Waals surface area contributed by atoms with Gasteiger partial charge in [0, 0.05) is 35.8 Å². The predicted octanol–water partition coefficient (Wildman–Crippen LogP) is 3.44. The standard InChI is InChI=1S/C26H25N3O6/c1-14-19(15(2)28-21(14)26(33)35-4)23(30)20-22(17-9-5-6-10-18(17)34-3)29(25(32)24(20)31)13-16-8-7-11-27-12-16/h5-12,22,28,30H,13H2,1-4H3/b23-20+/t22-/m0/s1. The Kier molecular flexibility index (Phi) is 6.42. The molecule has 1 amide bonds. The zero-order chi connectivity index (χ0) is 25.3. The monoisotopic (exact) mass is 475 g/mol. The lowest BCUT2D eigenvalue weighted by Gasteiger charge is -2.26. The highest BCUT2D eigenvalue weighted by Crippen LogP contribution is 2.44. The number of hydrogen-bond acceptors (Lipinski definition) is 7. The number of hydrogen-bond donors (Lipinski definition) is 2. The summed E-state index contributed by atoms with van der Waals surface area (Å²) in [6.07, 6.45) is 3.23. The molecule has 3 aromatic rings. The molecule has 1 aromatic carbocycles. The summed E-state index contributed by atoms with van der Waals surface area (Å²) in [6, 6.07) is 9.63. The molecule has 0 radical (unpaired) electrons. The summed E-state index contributed by atoms with van der Waals surface area (Å²) in [5.41, 5.74) is 2.45. The van der Waals surface area contributed by atoms with Gasteiger partial charge in [0.15, 0.2) is 0 Å². The Hall–Kier alpha value is -4.40. The van der Waals surface area contributed by atoms with E-state index in [-0.39, 0.29) is 29.1 Å². The Morgan fingerprint density at radius 3 is 2.54 bits per heavy atom. The summed E-state index contributed by atoms with van der Waals surface area (Å²) in [5, 5.41) is 11.5. The van der Waals surface area contributed by atoms with Crippen LogP contribution in [-0.2, 0) is 20.9 Å². The van der Waals surface area contributed by atoms with Gasteiger partial charge in [-0.3, -0.25) is 14.6 Å². The second-order valence-electron chi connectivity index (χ2n) is 8.15. The first kappa shape index (κ1) is 23.7. The molecule has 4 rings (SSSR count). The van der Waals surface area contributed by atoms with Crippen LogP contribution in [0.1, 0.15) is 44.5 Å². The molecule has 2 N–H and O–H groups in total. The largest absolute Gasteiger partial charge is 0.507 e. The summed E-state index contributed by atoms with van der Waals surface area (Å²) in [4.78, 5) is 47.2. The summed E-state index contributed by atoms with van der Waals surface area (Å²) >= 11 is 0. The van der Waals surface area contributed by atoms with Crippen molar-refractivity contribution in [3.8, 4) is 5.75 Å². The maximum atomic E-state index is 13.4. The van der Waals surface area contributed by atoms with Gasteiger partial charge in [0.05, 0.1) is 25.8 Å². The number of rotatable bonds is 6. The number of H-pyrrole nitrogens is 1. The van der Waals surface area contributed by atoms with Crippen LogP contribution >= 0.6 is 0 Å². The number of nitrogens with one attached hydrogen (secondary N) is 1. The first-order valence-electron chi connectivity index (χ1n) is 10.9. The molecule has 1 saturated heterocycles. The van der Waals surface area contributed by atoms with E-state index in [9.17, 15) is 19.5 Å². The van der Waals surface area contributed by atoms with Crippen LogP contribution in [0.15, 0.2) is 54.4 Å². The molecule has 0 spiro atoms. The van der Waals surface area contributed by atoms with Gasteiger partial charge in [0.2, 0.25) is 0 Å². The second kappa shape index (κ2) is 9.46. The van der Waals surface area contributed by atoms with Crippen molar-refractivity contribution in [3.63, 3.8) is 0 Å². The number of esters is 1. The maximum absolute atomic E-state index is 13.4. The second-order valence-corrected chi connectivity index (χ2v) is 8.15. The van der Waals surface area contributed by atoms with Crippen molar-refractivity contribution in [3.05, 3.63) is 88.0 Å². The Labute approximate surface area is 202 Å². The van der Waals surface area contributed by atoms with Crippen LogP contribution in [0.2, 0.25) is 0 Å². The number of para-hydroxylation sites is 1. The molecule has 2 aromatic heterocycles. The van der Waals surface area contributed by atoms with E-state index in [1.807, 2.05) is 0 Å². The molecule has 9 heteroatoms. The van der Waals surface area contributed by atoms with Crippen LogP contribution in [0.25, 0.3) is 5.76 Å². The van der Waals surface area contributed by atoms with Crippen molar-refractivity contribution in [2.45, 2.75) is 26.4 Å². The maximum Gasteiger partial charge on any atom is 0.354 e. The third kappa shape index (κ3) is 4.05. The number of benzene rings is 1. The lowest BCUT2D eigenvalue weighted by atomic mass is 9.93. The van der Waals surface area contributed by atoms with E-state index in [0.717, 1.165) is 5.56 Å². The number of likely N-dealkylation sites (tertiary alicyclic amines) is 1. The van der Waals surface area contributed by atoms with E-state index in [4.69, 9.17) is 9.47 Å². The van der Waals surface area contributed by atoms with Gasteiger partial charge in [-0.2, -0.15) is 0 Å². The molecule has 0 unspecified atom stereocenters. The summed E-state index contributed by atoms with van der Waals surface area (Å²) < 4.78 is 10.3. The number of aromatic amines is 1. The lowest BCUT2D eigenvalue weighted by Crippen LogP contribution is -2.29. The number of Topliss-reactive ketones (excluding diaryl/α,β-unsaturated/α-hetero) is 1. The van der Waals surface area contributed by atoms with Crippen LogP contribution in [0.4, 0.5) is 0 Å². The Morgan fingerprint density at radius 1 is 1.14 bits per heavy atom. The zero-order valence-electron chi connectivity index (χ0n) is 19.8. The van der Waals surface area contributed by atoms with Gasteiger partial charge in [-0.25, -0.2) is 4.79 Å². The van der Waals surface area contributed by atoms with Crippen LogP contribution in [0, 0.1) is 13.8 Å². The summed E-state index contributed by atoms with van der Waals surface area (Å²) in [6.45, 7) is 3.39. The molecule has 1 aliphatic rings. The van der Waals surface area contributed by atoms with E-state index in [1.165, 1.54) is 19.1 Å². The number of aliphatic hydroxyl groups excluding tert-OH is 1. The third-order valence-electron chi connectivity index (χ3n) is 6.11. The summed E-state index contributed by atoms with van der Waals surface area (Å²) in [7, 11) is 2.75. The van der Waals surface area contributed by atoms with Crippen molar-refractivity contribution in [2.75, 3.05) is 14.2 Å². The topological polar surface area (TPSA) is 122 Å². The fourth-order valence-corrected chi connectivity index (χ4v) is 4.49. The van der Waals surface area contributed by atoms with Crippen molar-refractivity contribution >= 4 is 23.4 Å². The molecule has 1 atom stereocenters.